The van der Waals surface area contributed by atoms with Crippen molar-refractivity contribution >= 4 is 10.0 Å². The third-order valence-corrected chi connectivity index (χ3v) is 4.63. The van der Waals surface area contributed by atoms with Crippen LogP contribution in [0.1, 0.15) is 19.4 Å². The van der Waals surface area contributed by atoms with Gasteiger partial charge in [0.05, 0.1) is 24.2 Å². The maximum absolute atomic E-state index is 12.2. The molecule has 2 rings (SSSR count). The summed E-state index contributed by atoms with van der Waals surface area (Å²) in [5.74, 6) is 0.648. The van der Waals surface area contributed by atoms with Crippen LogP contribution in [0.25, 0.3) is 0 Å². The van der Waals surface area contributed by atoms with E-state index in [0.29, 0.717) is 19.0 Å². The molecule has 0 aliphatic heterocycles. The molecule has 0 atom stereocenters. The fourth-order valence-electron chi connectivity index (χ4n) is 2.07. The van der Waals surface area contributed by atoms with Crippen LogP contribution in [0.3, 0.4) is 0 Å². The zero-order valence-electron chi connectivity index (χ0n) is 13.9. The molecule has 0 spiro atoms. The van der Waals surface area contributed by atoms with Crippen LogP contribution < -0.4 is 9.46 Å². The van der Waals surface area contributed by atoms with Gasteiger partial charge in [0.15, 0.2) is 0 Å². The normalized spacial score (nSPS) is 11.6. The molecule has 0 amide bonds. The Morgan fingerprint density at radius 2 is 1.67 bits per heavy atom. The van der Waals surface area contributed by atoms with Gasteiger partial charge < -0.3 is 9.47 Å². The van der Waals surface area contributed by atoms with Gasteiger partial charge in [-0.1, -0.05) is 30.3 Å². The molecule has 0 saturated heterocycles. The largest absolute Gasteiger partial charge is 0.491 e. The molecule has 0 radical (unpaired) electrons. The van der Waals surface area contributed by atoms with Crippen molar-refractivity contribution in [2.75, 3.05) is 13.2 Å². The van der Waals surface area contributed by atoms with Crippen LogP contribution >= 0.6 is 0 Å². The predicted molar refractivity (Wildman–Crippen MR) is 93.5 cm³/mol. The Hall–Kier alpha value is -1.89. The van der Waals surface area contributed by atoms with E-state index in [1.807, 2.05) is 44.2 Å². The van der Waals surface area contributed by atoms with Crippen molar-refractivity contribution in [1.82, 2.24) is 4.72 Å². The Morgan fingerprint density at radius 1 is 1.00 bits per heavy atom. The Bertz CT molecular complexity index is 712. The van der Waals surface area contributed by atoms with E-state index in [1.54, 1.807) is 12.1 Å². The third-order valence-electron chi connectivity index (χ3n) is 3.16. The summed E-state index contributed by atoms with van der Waals surface area (Å²) >= 11 is 0. The molecule has 0 saturated carbocycles. The molecule has 130 valence electrons. The van der Waals surface area contributed by atoms with E-state index in [9.17, 15) is 8.42 Å². The average Bonchev–Trinajstić information content (AvgIpc) is 2.55. The first kappa shape index (κ1) is 18.4. The standard InChI is InChI=1S/C18H23NO4S/c1-15(2)23-17-8-10-18(11-9-17)24(20,21)19-12-13-22-14-16-6-4-3-5-7-16/h3-11,15,19H,12-14H2,1-2H3. The molecule has 1 N–H and O–H groups in total. The lowest BCUT2D eigenvalue weighted by Gasteiger charge is -2.11. The van der Waals surface area contributed by atoms with Gasteiger partial charge >= 0.3 is 0 Å². The van der Waals surface area contributed by atoms with Crippen molar-refractivity contribution < 1.29 is 17.9 Å². The first-order chi connectivity index (χ1) is 11.5. The van der Waals surface area contributed by atoms with Crippen LogP contribution in [0.15, 0.2) is 59.5 Å². The van der Waals surface area contributed by atoms with E-state index in [0.717, 1.165) is 5.56 Å². The summed E-state index contributed by atoms with van der Waals surface area (Å²) in [6, 6.07) is 16.1. The second-order valence-electron chi connectivity index (χ2n) is 5.57. The highest BCUT2D eigenvalue weighted by molar-refractivity contribution is 7.89. The van der Waals surface area contributed by atoms with Gasteiger partial charge in [0.2, 0.25) is 10.0 Å². The Morgan fingerprint density at radius 3 is 2.29 bits per heavy atom. The minimum atomic E-state index is -3.54. The summed E-state index contributed by atoms with van der Waals surface area (Å²) in [6.45, 7) is 4.83. The van der Waals surface area contributed by atoms with Gasteiger partial charge in [-0.25, -0.2) is 13.1 Å². The number of nitrogens with one attached hydrogen (secondary N) is 1. The molecule has 6 heteroatoms. The summed E-state index contributed by atoms with van der Waals surface area (Å²) in [5.41, 5.74) is 1.06. The minimum Gasteiger partial charge on any atom is -0.491 e. The van der Waals surface area contributed by atoms with E-state index in [1.165, 1.54) is 12.1 Å². The highest BCUT2D eigenvalue weighted by atomic mass is 32.2. The fraction of sp³-hybridized carbons (Fsp3) is 0.333. The quantitative estimate of drug-likeness (QED) is 0.707. The van der Waals surface area contributed by atoms with Crippen molar-refractivity contribution in [2.45, 2.75) is 31.5 Å². The van der Waals surface area contributed by atoms with Crippen LogP contribution in [-0.2, 0) is 21.4 Å². The van der Waals surface area contributed by atoms with Gasteiger partial charge in [-0.05, 0) is 43.7 Å². The van der Waals surface area contributed by atoms with Gasteiger partial charge in [0.25, 0.3) is 0 Å². The van der Waals surface area contributed by atoms with Crippen LogP contribution in [0.5, 0.6) is 5.75 Å². The summed E-state index contributed by atoms with van der Waals surface area (Å²) in [5, 5.41) is 0. The fourth-order valence-corrected chi connectivity index (χ4v) is 3.08. The zero-order valence-corrected chi connectivity index (χ0v) is 14.8. The number of hydrogen-bond donors (Lipinski definition) is 1. The van der Waals surface area contributed by atoms with Crippen molar-refractivity contribution in [3.63, 3.8) is 0 Å². The molecule has 5 nitrogen and oxygen atoms in total. The van der Waals surface area contributed by atoms with Crippen molar-refractivity contribution in [1.29, 1.82) is 0 Å². The Kier molecular flexibility index (Phi) is 6.78. The van der Waals surface area contributed by atoms with Gasteiger partial charge in [0, 0.05) is 6.54 Å². The number of ether oxygens (including phenoxy) is 2. The minimum absolute atomic E-state index is 0.0485. The summed E-state index contributed by atoms with van der Waals surface area (Å²) in [4.78, 5) is 0.210. The number of benzene rings is 2. The third kappa shape index (κ3) is 5.96. The van der Waals surface area contributed by atoms with Gasteiger partial charge in [0.1, 0.15) is 5.75 Å². The van der Waals surface area contributed by atoms with E-state index in [2.05, 4.69) is 4.72 Å². The molecule has 2 aromatic carbocycles. The molecule has 0 bridgehead atoms. The van der Waals surface area contributed by atoms with E-state index in [4.69, 9.17) is 9.47 Å². The maximum Gasteiger partial charge on any atom is 0.240 e. The van der Waals surface area contributed by atoms with Gasteiger partial charge in [-0.2, -0.15) is 0 Å². The molecule has 0 aliphatic rings. The molecule has 0 fully saturated rings. The lowest BCUT2D eigenvalue weighted by molar-refractivity contribution is 0.126. The lowest BCUT2D eigenvalue weighted by Crippen LogP contribution is -2.27. The van der Waals surface area contributed by atoms with Crippen LogP contribution in [0.4, 0.5) is 0 Å². The van der Waals surface area contributed by atoms with Crippen LogP contribution in [0, 0.1) is 0 Å². The SMILES string of the molecule is CC(C)Oc1ccc(S(=O)(=O)NCCOCc2ccccc2)cc1. The summed E-state index contributed by atoms with van der Waals surface area (Å²) in [6.07, 6.45) is 0.0485. The Balaban J connectivity index is 1.78. The van der Waals surface area contributed by atoms with Crippen LogP contribution in [-0.4, -0.2) is 27.7 Å². The zero-order chi connectivity index (χ0) is 17.4. The molecule has 0 heterocycles. The molecular formula is C18H23NO4S. The van der Waals surface area contributed by atoms with Gasteiger partial charge in [-0.15, -0.1) is 0 Å². The predicted octanol–water partition coefficient (Wildman–Crippen LogP) is 2.97. The van der Waals surface area contributed by atoms with E-state index < -0.39 is 10.0 Å². The first-order valence-electron chi connectivity index (χ1n) is 7.85. The second-order valence-corrected chi connectivity index (χ2v) is 7.34. The highest BCUT2D eigenvalue weighted by Crippen LogP contribution is 2.16. The van der Waals surface area contributed by atoms with Crippen LogP contribution in [0.2, 0.25) is 0 Å². The molecule has 0 aromatic heterocycles. The van der Waals surface area contributed by atoms with E-state index in [-0.39, 0.29) is 17.5 Å². The van der Waals surface area contributed by atoms with Gasteiger partial charge in [-0.3, -0.25) is 0 Å². The maximum atomic E-state index is 12.2. The van der Waals surface area contributed by atoms with Crippen molar-refractivity contribution in [3.05, 3.63) is 60.2 Å². The number of sulfonamides is 1. The summed E-state index contributed by atoms with van der Waals surface area (Å²) in [7, 11) is -3.54. The van der Waals surface area contributed by atoms with E-state index >= 15 is 0 Å². The average molecular weight is 349 g/mol. The number of rotatable bonds is 9. The first-order valence-corrected chi connectivity index (χ1v) is 9.34. The summed E-state index contributed by atoms with van der Waals surface area (Å²) < 4.78 is 37.9. The molecule has 24 heavy (non-hydrogen) atoms. The molecule has 0 unspecified atom stereocenters. The molecule has 2 aromatic rings. The highest BCUT2D eigenvalue weighted by Gasteiger charge is 2.13. The van der Waals surface area contributed by atoms with Crippen molar-refractivity contribution in [3.8, 4) is 5.75 Å². The number of hydrogen-bond acceptors (Lipinski definition) is 4. The Labute approximate surface area is 143 Å². The monoisotopic (exact) mass is 349 g/mol. The lowest BCUT2D eigenvalue weighted by atomic mass is 10.2. The molecular weight excluding hydrogens is 326 g/mol. The smallest absolute Gasteiger partial charge is 0.240 e. The topological polar surface area (TPSA) is 64.6 Å². The van der Waals surface area contributed by atoms with Crippen molar-refractivity contribution in [2.24, 2.45) is 0 Å². The second kappa shape index (κ2) is 8.82. The molecule has 0 aliphatic carbocycles.